The van der Waals surface area contributed by atoms with E-state index in [9.17, 15) is 4.79 Å². The van der Waals surface area contributed by atoms with E-state index >= 15 is 0 Å². The Morgan fingerprint density at radius 3 is 2.63 bits per heavy atom. The van der Waals surface area contributed by atoms with Gasteiger partial charge < -0.3 is 21.3 Å². The third kappa shape index (κ3) is 8.92. The van der Waals surface area contributed by atoms with E-state index in [1.165, 1.54) is 5.56 Å². The molecular formula is C23H38ClN5O. The van der Waals surface area contributed by atoms with Crippen LogP contribution in [0, 0.1) is 11.3 Å². The van der Waals surface area contributed by atoms with Gasteiger partial charge in [-0.2, -0.15) is 0 Å². The number of carbonyl (C=O) groups excluding carboxylic acids is 1. The van der Waals surface area contributed by atoms with Crippen LogP contribution in [0.25, 0.3) is 0 Å². The minimum Gasteiger partial charge on any atom is -0.369 e. The van der Waals surface area contributed by atoms with Crippen molar-refractivity contribution in [1.29, 1.82) is 0 Å². The summed E-state index contributed by atoms with van der Waals surface area (Å²) in [4.78, 5) is 18.0. The summed E-state index contributed by atoms with van der Waals surface area (Å²) in [5.41, 5.74) is 6.73. The molecule has 0 saturated carbocycles. The van der Waals surface area contributed by atoms with Crippen molar-refractivity contribution >= 4 is 23.5 Å². The molecule has 1 aromatic carbocycles. The van der Waals surface area contributed by atoms with Gasteiger partial charge in [-0.25, -0.2) is 0 Å². The molecule has 0 unspecified atom stereocenters. The van der Waals surface area contributed by atoms with Gasteiger partial charge in [0, 0.05) is 31.1 Å². The molecular weight excluding hydrogens is 398 g/mol. The van der Waals surface area contributed by atoms with Gasteiger partial charge in [0.15, 0.2) is 5.96 Å². The minimum atomic E-state index is -0.145. The van der Waals surface area contributed by atoms with Crippen LogP contribution in [0.3, 0.4) is 0 Å². The van der Waals surface area contributed by atoms with Crippen molar-refractivity contribution in [3.05, 3.63) is 34.9 Å². The number of amides is 1. The zero-order valence-corrected chi connectivity index (χ0v) is 19.5. The van der Waals surface area contributed by atoms with Crippen molar-refractivity contribution in [2.24, 2.45) is 22.1 Å². The normalized spacial score (nSPS) is 16.5. The highest BCUT2D eigenvalue weighted by atomic mass is 35.5. The lowest BCUT2D eigenvalue weighted by Crippen LogP contribution is -2.43. The highest BCUT2D eigenvalue weighted by Crippen LogP contribution is 2.22. The van der Waals surface area contributed by atoms with Crippen LogP contribution in [0.15, 0.2) is 29.3 Å². The Morgan fingerprint density at radius 2 is 2.00 bits per heavy atom. The average Bonchev–Trinajstić information content (AvgIpc) is 2.70. The third-order valence-electron chi connectivity index (χ3n) is 5.71. The highest BCUT2D eigenvalue weighted by molar-refractivity contribution is 6.30. The van der Waals surface area contributed by atoms with Gasteiger partial charge in [-0.1, -0.05) is 37.6 Å². The molecule has 6 nitrogen and oxygen atoms in total. The topological polar surface area (TPSA) is 82.8 Å². The van der Waals surface area contributed by atoms with E-state index in [-0.39, 0.29) is 17.2 Å². The van der Waals surface area contributed by atoms with Crippen LogP contribution < -0.4 is 16.4 Å². The molecule has 0 bridgehead atoms. The van der Waals surface area contributed by atoms with Crippen LogP contribution in [0.5, 0.6) is 0 Å². The van der Waals surface area contributed by atoms with E-state index in [0.717, 1.165) is 75.8 Å². The first kappa shape index (κ1) is 24.5. The first-order chi connectivity index (χ1) is 14.3. The summed E-state index contributed by atoms with van der Waals surface area (Å²) >= 11 is 6.11. The Balaban J connectivity index is 1.61. The molecule has 1 aliphatic heterocycles. The number of guanidine groups is 1. The van der Waals surface area contributed by atoms with Gasteiger partial charge in [0.05, 0.1) is 0 Å². The van der Waals surface area contributed by atoms with Crippen molar-refractivity contribution in [2.45, 2.75) is 46.0 Å². The van der Waals surface area contributed by atoms with Crippen LogP contribution in [0.1, 0.15) is 45.1 Å². The van der Waals surface area contributed by atoms with E-state index in [0.29, 0.717) is 0 Å². The molecule has 1 saturated heterocycles. The lowest BCUT2D eigenvalue weighted by molar-refractivity contribution is -0.123. The predicted molar refractivity (Wildman–Crippen MR) is 126 cm³/mol. The number of carbonyl (C=O) groups is 1. The Hall–Kier alpha value is -1.79. The molecule has 0 atom stereocenters. The van der Waals surface area contributed by atoms with Crippen LogP contribution in [0.4, 0.5) is 0 Å². The molecule has 1 aliphatic rings. The fourth-order valence-corrected chi connectivity index (χ4v) is 4.13. The summed E-state index contributed by atoms with van der Waals surface area (Å²) in [6, 6.07) is 8.07. The van der Waals surface area contributed by atoms with Gasteiger partial charge in [0.25, 0.3) is 0 Å². The Morgan fingerprint density at radius 1 is 1.27 bits per heavy atom. The second-order valence-corrected chi connectivity index (χ2v) is 9.49. The fourth-order valence-electron chi connectivity index (χ4n) is 3.91. The standard InChI is InChI=1S/C23H38ClN5O/c1-23(2,16-18-7-6-8-20(24)15-18)17-28-22(26-3)27-11-4-5-12-29-13-9-19(10-14-29)21(25)30/h6-8,15,19H,4-5,9-14,16-17H2,1-3H3,(H2,25,30)(H2,26,27,28). The summed E-state index contributed by atoms with van der Waals surface area (Å²) in [5.74, 6) is 0.769. The monoisotopic (exact) mass is 435 g/mol. The Bertz CT molecular complexity index is 699. The molecule has 0 spiro atoms. The van der Waals surface area contributed by atoms with Crippen LogP contribution in [-0.4, -0.2) is 56.5 Å². The molecule has 0 aromatic heterocycles. The molecule has 1 heterocycles. The summed E-state index contributed by atoms with van der Waals surface area (Å²) in [5, 5.41) is 7.65. The van der Waals surface area contributed by atoms with Gasteiger partial charge in [-0.15, -0.1) is 0 Å². The molecule has 168 valence electrons. The molecule has 0 aliphatic carbocycles. The third-order valence-corrected chi connectivity index (χ3v) is 5.95. The SMILES string of the molecule is CN=C(NCCCCN1CCC(C(N)=O)CC1)NCC(C)(C)Cc1cccc(Cl)c1. The number of likely N-dealkylation sites (tertiary alicyclic amines) is 1. The molecule has 2 rings (SSSR count). The molecule has 1 amide bonds. The van der Waals surface area contributed by atoms with E-state index < -0.39 is 0 Å². The van der Waals surface area contributed by atoms with Crippen LogP contribution in [0.2, 0.25) is 5.02 Å². The zero-order chi connectivity index (χ0) is 22.0. The summed E-state index contributed by atoms with van der Waals surface area (Å²) in [6.45, 7) is 9.25. The number of nitrogens with two attached hydrogens (primary N) is 1. The minimum absolute atomic E-state index is 0.0699. The van der Waals surface area contributed by atoms with Crippen molar-refractivity contribution in [3.63, 3.8) is 0 Å². The number of halogens is 1. The molecule has 0 radical (unpaired) electrons. The number of nitrogens with one attached hydrogen (secondary N) is 2. The Labute approximate surface area is 186 Å². The maximum atomic E-state index is 11.2. The average molecular weight is 436 g/mol. The van der Waals surface area contributed by atoms with Crippen molar-refractivity contribution in [2.75, 3.05) is 39.8 Å². The van der Waals surface area contributed by atoms with Gasteiger partial charge in [0.1, 0.15) is 0 Å². The van der Waals surface area contributed by atoms with E-state index in [4.69, 9.17) is 17.3 Å². The Kier molecular flexibility index (Phi) is 9.92. The maximum absolute atomic E-state index is 11.2. The summed E-state index contributed by atoms with van der Waals surface area (Å²) in [7, 11) is 1.81. The van der Waals surface area contributed by atoms with Crippen LogP contribution in [-0.2, 0) is 11.2 Å². The quantitative estimate of drug-likeness (QED) is 0.299. The predicted octanol–water partition coefficient (Wildman–Crippen LogP) is 3.05. The smallest absolute Gasteiger partial charge is 0.220 e. The fraction of sp³-hybridized carbons (Fsp3) is 0.652. The molecule has 1 fully saturated rings. The first-order valence-corrected chi connectivity index (χ1v) is 11.4. The largest absolute Gasteiger partial charge is 0.369 e. The lowest BCUT2D eigenvalue weighted by atomic mass is 9.86. The van der Waals surface area contributed by atoms with Crippen molar-refractivity contribution < 1.29 is 4.79 Å². The molecule has 7 heteroatoms. The zero-order valence-electron chi connectivity index (χ0n) is 18.7. The lowest BCUT2D eigenvalue weighted by Gasteiger charge is -2.30. The summed E-state index contributed by atoms with van der Waals surface area (Å²) < 4.78 is 0. The van der Waals surface area contributed by atoms with Crippen molar-refractivity contribution in [1.82, 2.24) is 15.5 Å². The number of primary amides is 1. The molecule has 1 aromatic rings. The van der Waals surface area contributed by atoms with Crippen molar-refractivity contribution in [3.8, 4) is 0 Å². The van der Waals surface area contributed by atoms with Gasteiger partial charge in [0.2, 0.25) is 5.91 Å². The molecule has 30 heavy (non-hydrogen) atoms. The van der Waals surface area contributed by atoms with Gasteiger partial charge in [-0.05, 0) is 74.8 Å². The number of hydrogen-bond donors (Lipinski definition) is 3. The number of rotatable bonds is 10. The van der Waals surface area contributed by atoms with E-state index in [1.807, 2.05) is 25.2 Å². The number of nitrogens with zero attached hydrogens (tertiary/aromatic N) is 2. The first-order valence-electron chi connectivity index (χ1n) is 11.0. The van der Waals surface area contributed by atoms with E-state index in [1.54, 1.807) is 0 Å². The highest BCUT2D eigenvalue weighted by Gasteiger charge is 2.22. The van der Waals surface area contributed by atoms with Gasteiger partial charge >= 0.3 is 0 Å². The van der Waals surface area contributed by atoms with E-state index in [2.05, 4.69) is 40.4 Å². The van der Waals surface area contributed by atoms with Gasteiger partial charge in [-0.3, -0.25) is 9.79 Å². The summed E-state index contributed by atoms with van der Waals surface area (Å²) in [6.07, 6.45) is 4.96. The number of unbranched alkanes of at least 4 members (excludes halogenated alkanes) is 1. The second-order valence-electron chi connectivity index (χ2n) is 9.05. The number of aliphatic imine (C=N–C) groups is 1. The number of benzene rings is 1. The van der Waals surface area contributed by atoms with Crippen LogP contribution >= 0.6 is 11.6 Å². The number of piperidine rings is 1. The molecule has 4 N–H and O–H groups in total. The second kappa shape index (κ2) is 12.2. The maximum Gasteiger partial charge on any atom is 0.220 e. The number of hydrogen-bond acceptors (Lipinski definition) is 3.